The maximum absolute atomic E-state index is 10.2. The highest BCUT2D eigenvalue weighted by molar-refractivity contribution is 14.1. The zero-order valence-corrected chi connectivity index (χ0v) is 14.2. The van der Waals surface area contributed by atoms with E-state index in [0.717, 1.165) is 18.4 Å². The average Bonchev–Trinajstić information content (AvgIpc) is 2.42. The minimum Gasteiger partial charge on any atom is -0.388 e. The minimum absolute atomic E-state index is 0.284. The van der Waals surface area contributed by atoms with E-state index >= 15 is 0 Å². The van der Waals surface area contributed by atoms with Crippen molar-refractivity contribution < 1.29 is 5.11 Å². The third-order valence-electron chi connectivity index (χ3n) is 3.60. The van der Waals surface area contributed by atoms with Crippen molar-refractivity contribution in [2.45, 2.75) is 70.8 Å². The highest BCUT2D eigenvalue weighted by Crippen LogP contribution is 2.24. The fourth-order valence-electron chi connectivity index (χ4n) is 2.37. The normalized spacial score (nSPS) is 12.6. The zero-order valence-electron chi connectivity index (χ0n) is 12.1. The van der Waals surface area contributed by atoms with Crippen LogP contribution in [0.15, 0.2) is 24.3 Å². The predicted molar refractivity (Wildman–Crippen MR) is 91.3 cm³/mol. The lowest BCUT2D eigenvalue weighted by molar-refractivity contribution is 0.162. The Hall–Kier alpha value is -0.0900. The molecule has 0 aliphatic rings. The van der Waals surface area contributed by atoms with Gasteiger partial charge in [-0.2, -0.15) is 0 Å². The topological polar surface area (TPSA) is 20.2 Å². The van der Waals surface area contributed by atoms with Crippen molar-refractivity contribution in [2.24, 2.45) is 0 Å². The quantitative estimate of drug-likeness (QED) is 0.402. The van der Waals surface area contributed by atoms with Gasteiger partial charge in [0.2, 0.25) is 0 Å². The number of aliphatic hydroxyl groups excluding tert-OH is 1. The Labute approximate surface area is 132 Å². The summed E-state index contributed by atoms with van der Waals surface area (Å²) in [7, 11) is 0. The molecule has 0 heterocycles. The minimum atomic E-state index is -0.284. The molecule has 1 aromatic rings. The van der Waals surface area contributed by atoms with Gasteiger partial charge in [0, 0.05) is 3.57 Å². The highest BCUT2D eigenvalue weighted by atomic mass is 127. The van der Waals surface area contributed by atoms with Crippen molar-refractivity contribution in [1.29, 1.82) is 0 Å². The van der Waals surface area contributed by atoms with Crippen LogP contribution in [0.3, 0.4) is 0 Å². The van der Waals surface area contributed by atoms with Crippen molar-refractivity contribution in [3.05, 3.63) is 33.4 Å². The summed E-state index contributed by atoms with van der Waals surface area (Å²) in [4.78, 5) is 0. The highest BCUT2D eigenvalue weighted by Gasteiger charge is 2.09. The van der Waals surface area contributed by atoms with Crippen LogP contribution < -0.4 is 0 Å². The van der Waals surface area contributed by atoms with E-state index in [2.05, 4.69) is 35.6 Å². The first-order chi connectivity index (χ1) is 9.25. The van der Waals surface area contributed by atoms with Gasteiger partial charge >= 0.3 is 0 Å². The van der Waals surface area contributed by atoms with Crippen LogP contribution in [-0.4, -0.2) is 5.11 Å². The van der Waals surface area contributed by atoms with E-state index in [4.69, 9.17) is 0 Å². The summed E-state index contributed by atoms with van der Waals surface area (Å²) in [6.07, 6.45) is 11.2. The third kappa shape index (κ3) is 7.31. The lowest BCUT2D eigenvalue weighted by atomic mass is 10.0. The van der Waals surface area contributed by atoms with E-state index in [-0.39, 0.29) is 6.10 Å². The SMILES string of the molecule is CCCCCCCCCCC(O)c1ccccc1I. The van der Waals surface area contributed by atoms with E-state index in [1.165, 1.54) is 48.5 Å². The van der Waals surface area contributed by atoms with E-state index in [1.807, 2.05) is 18.2 Å². The second-order valence-electron chi connectivity index (χ2n) is 5.30. The van der Waals surface area contributed by atoms with Crippen LogP contribution in [0.2, 0.25) is 0 Å². The first-order valence-corrected chi connectivity index (χ1v) is 8.76. The molecule has 0 aliphatic heterocycles. The predicted octanol–water partition coefficient (Wildman–Crippen LogP) is 5.86. The third-order valence-corrected chi connectivity index (χ3v) is 4.58. The van der Waals surface area contributed by atoms with Gasteiger partial charge in [0.25, 0.3) is 0 Å². The number of hydrogen-bond donors (Lipinski definition) is 1. The maximum Gasteiger partial charge on any atom is 0.0800 e. The van der Waals surface area contributed by atoms with Crippen molar-refractivity contribution >= 4 is 22.6 Å². The summed E-state index contributed by atoms with van der Waals surface area (Å²) in [5.74, 6) is 0. The molecule has 0 aliphatic carbocycles. The molecular weight excluding hydrogens is 347 g/mol. The van der Waals surface area contributed by atoms with E-state index in [1.54, 1.807) is 0 Å². The Morgan fingerprint density at radius 3 is 2.16 bits per heavy atom. The summed E-state index contributed by atoms with van der Waals surface area (Å²) >= 11 is 2.30. The summed E-state index contributed by atoms with van der Waals surface area (Å²) in [6, 6.07) is 8.13. The Morgan fingerprint density at radius 2 is 1.53 bits per heavy atom. The summed E-state index contributed by atoms with van der Waals surface area (Å²) in [5, 5.41) is 10.2. The number of halogens is 1. The molecule has 1 aromatic carbocycles. The van der Waals surface area contributed by atoms with E-state index < -0.39 is 0 Å². The molecule has 0 saturated carbocycles. The largest absolute Gasteiger partial charge is 0.388 e. The Bertz CT molecular complexity index is 338. The lowest BCUT2D eigenvalue weighted by Crippen LogP contribution is -1.99. The summed E-state index contributed by atoms with van der Waals surface area (Å²) in [5.41, 5.74) is 1.09. The summed E-state index contributed by atoms with van der Waals surface area (Å²) in [6.45, 7) is 2.26. The number of hydrogen-bond acceptors (Lipinski definition) is 1. The molecule has 0 bridgehead atoms. The Morgan fingerprint density at radius 1 is 0.947 bits per heavy atom. The maximum atomic E-state index is 10.2. The van der Waals surface area contributed by atoms with Crippen LogP contribution in [0.5, 0.6) is 0 Å². The molecule has 0 spiro atoms. The molecule has 1 unspecified atom stereocenters. The molecule has 0 amide bonds. The van der Waals surface area contributed by atoms with Crippen LogP contribution in [-0.2, 0) is 0 Å². The molecule has 1 atom stereocenters. The molecule has 0 saturated heterocycles. The van der Waals surface area contributed by atoms with Crippen molar-refractivity contribution in [1.82, 2.24) is 0 Å². The second kappa shape index (κ2) is 10.7. The van der Waals surface area contributed by atoms with Crippen LogP contribution in [0.4, 0.5) is 0 Å². The van der Waals surface area contributed by atoms with Crippen LogP contribution in [0.1, 0.15) is 76.4 Å². The standard InChI is InChI=1S/C17H27IO/c1-2-3-4-5-6-7-8-9-14-17(19)15-12-10-11-13-16(15)18/h10-13,17,19H,2-9,14H2,1H3. The van der Waals surface area contributed by atoms with Crippen LogP contribution in [0, 0.1) is 3.57 Å². The molecular formula is C17H27IO. The fourth-order valence-corrected chi connectivity index (χ4v) is 3.12. The van der Waals surface area contributed by atoms with Gasteiger partial charge in [-0.1, -0.05) is 76.5 Å². The van der Waals surface area contributed by atoms with Crippen LogP contribution in [0.25, 0.3) is 0 Å². The summed E-state index contributed by atoms with van der Waals surface area (Å²) < 4.78 is 1.17. The Balaban J connectivity index is 2.08. The Kier molecular flexibility index (Phi) is 9.52. The van der Waals surface area contributed by atoms with Crippen molar-refractivity contribution in [3.63, 3.8) is 0 Å². The van der Waals surface area contributed by atoms with Crippen molar-refractivity contribution in [2.75, 3.05) is 0 Å². The molecule has 1 nitrogen and oxygen atoms in total. The molecule has 108 valence electrons. The lowest BCUT2D eigenvalue weighted by Gasteiger charge is -2.12. The van der Waals surface area contributed by atoms with Gasteiger partial charge in [-0.05, 0) is 40.6 Å². The van der Waals surface area contributed by atoms with Gasteiger partial charge in [-0.15, -0.1) is 0 Å². The number of benzene rings is 1. The molecule has 1 rings (SSSR count). The molecule has 1 N–H and O–H groups in total. The average molecular weight is 374 g/mol. The van der Waals surface area contributed by atoms with Gasteiger partial charge in [0.1, 0.15) is 0 Å². The number of aliphatic hydroxyl groups is 1. The molecule has 0 aromatic heterocycles. The second-order valence-corrected chi connectivity index (χ2v) is 6.46. The number of rotatable bonds is 10. The molecule has 0 radical (unpaired) electrons. The van der Waals surface area contributed by atoms with Gasteiger partial charge in [0.15, 0.2) is 0 Å². The van der Waals surface area contributed by atoms with Crippen LogP contribution >= 0.6 is 22.6 Å². The first kappa shape index (κ1) is 17.0. The molecule has 19 heavy (non-hydrogen) atoms. The molecule has 2 heteroatoms. The smallest absolute Gasteiger partial charge is 0.0800 e. The zero-order chi connectivity index (χ0) is 13.9. The van der Waals surface area contributed by atoms with Gasteiger partial charge < -0.3 is 5.11 Å². The first-order valence-electron chi connectivity index (χ1n) is 7.68. The van der Waals surface area contributed by atoms with Gasteiger partial charge in [-0.3, -0.25) is 0 Å². The number of unbranched alkanes of at least 4 members (excludes halogenated alkanes) is 7. The molecule has 0 fully saturated rings. The van der Waals surface area contributed by atoms with Gasteiger partial charge in [-0.25, -0.2) is 0 Å². The van der Waals surface area contributed by atoms with Gasteiger partial charge in [0.05, 0.1) is 6.10 Å². The monoisotopic (exact) mass is 374 g/mol. The van der Waals surface area contributed by atoms with E-state index in [9.17, 15) is 5.11 Å². The van der Waals surface area contributed by atoms with Crippen molar-refractivity contribution in [3.8, 4) is 0 Å². The van der Waals surface area contributed by atoms with E-state index in [0.29, 0.717) is 0 Å². The fraction of sp³-hybridized carbons (Fsp3) is 0.647.